The monoisotopic (exact) mass is 387 g/mol. The lowest BCUT2D eigenvalue weighted by atomic mass is 9.87. The Labute approximate surface area is 152 Å². The van der Waals surface area contributed by atoms with Gasteiger partial charge in [0.2, 0.25) is 5.91 Å². The van der Waals surface area contributed by atoms with E-state index in [1.807, 2.05) is 0 Å². The zero-order valence-corrected chi connectivity index (χ0v) is 15.2. The highest BCUT2D eigenvalue weighted by atomic mass is 32.2. The highest BCUT2D eigenvalue weighted by Gasteiger charge is 2.32. The van der Waals surface area contributed by atoms with Crippen LogP contribution in [0.3, 0.4) is 0 Å². The van der Waals surface area contributed by atoms with E-state index in [0.717, 1.165) is 30.4 Å². The molecule has 3 rings (SSSR count). The average molecular weight is 387 g/mol. The van der Waals surface area contributed by atoms with E-state index in [0.29, 0.717) is 25.7 Å². The Hall–Kier alpha value is -1.70. The molecule has 0 radical (unpaired) electrons. The summed E-state index contributed by atoms with van der Waals surface area (Å²) in [6.07, 6.45) is 5.24. The third-order valence-electron chi connectivity index (χ3n) is 5.13. The molecule has 8 heteroatoms. The maximum atomic E-state index is 12.4. The van der Waals surface area contributed by atoms with Crippen LogP contribution >= 0.6 is 0 Å². The number of sulfone groups is 1. The lowest BCUT2D eigenvalue weighted by molar-refractivity contribution is -0.119. The fraction of sp³-hybridized carbons (Fsp3) is 0.611. The van der Waals surface area contributed by atoms with E-state index in [1.165, 1.54) is 6.07 Å². The van der Waals surface area contributed by atoms with E-state index >= 15 is 0 Å². The number of benzene rings is 1. The lowest BCUT2D eigenvalue weighted by Gasteiger charge is -2.27. The van der Waals surface area contributed by atoms with Crippen molar-refractivity contribution >= 4 is 15.7 Å². The van der Waals surface area contributed by atoms with E-state index in [-0.39, 0.29) is 11.8 Å². The van der Waals surface area contributed by atoms with Gasteiger partial charge in [-0.05, 0) is 55.4 Å². The summed E-state index contributed by atoms with van der Waals surface area (Å²) >= 11 is 0. The number of rotatable bonds is 6. The summed E-state index contributed by atoms with van der Waals surface area (Å²) in [7, 11) is -3.42. The van der Waals surface area contributed by atoms with Crippen LogP contribution in [0.15, 0.2) is 18.2 Å². The molecule has 1 N–H and O–H groups in total. The molecule has 0 spiro atoms. The first-order valence-corrected chi connectivity index (χ1v) is 10.7. The number of amides is 1. The summed E-state index contributed by atoms with van der Waals surface area (Å²) in [6, 6.07) is 4.38. The van der Waals surface area contributed by atoms with Gasteiger partial charge >= 0.3 is 6.61 Å². The predicted octanol–water partition coefficient (Wildman–Crippen LogP) is 3.14. The number of alkyl halides is 2. The topological polar surface area (TPSA) is 72.5 Å². The molecule has 0 aromatic heterocycles. The Balaban J connectivity index is 1.66. The largest absolute Gasteiger partial charge is 0.435 e. The molecule has 1 fully saturated rings. The zero-order valence-electron chi connectivity index (χ0n) is 14.4. The molecule has 1 atom stereocenters. The summed E-state index contributed by atoms with van der Waals surface area (Å²) in [5.41, 5.74) is 1.68. The zero-order chi connectivity index (χ0) is 18.7. The Morgan fingerprint density at radius 1 is 1.19 bits per heavy atom. The SMILES string of the molecule is O=C(CS(=O)(=O)C1CCCC1)N[C@H]1CCCc2cc(OC(F)F)ccc21. The van der Waals surface area contributed by atoms with Crippen LogP contribution in [0.2, 0.25) is 0 Å². The number of fused-ring (bicyclic) bond motifs is 1. The second-order valence-corrected chi connectivity index (χ2v) is 9.25. The van der Waals surface area contributed by atoms with Crippen molar-refractivity contribution in [2.45, 2.75) is 62.8 Å². The van der Waals surface area contributed by atoms with Crippen LogP contribution in [0.4, 0.5) is 8.78 Å². The number of nitrogens with one attached hydrogen (secondary N) is 1. The van der Waals surface area contributed by atoms with Crippen LogP contribution in [0.1, 0.15) is 55.7 Å². The van der Waals surface area contributed by atoms with Gasteiger partial charge < -0.3 is 10.1 Å². The second kappa shape index (κ2) is 7.90. The van der Waals surface area contributed by atoms with Crippen LogP contribution < -0.4 is 10.1 Å². The van der Waals surface area contributed by atoms with Crippen molar-refractivity contribution in [3.63, 3.8) is 0 Å². The van der Waals surface area contributed by atoms with E-state index < -0.39 is 33.4 Å². The number of hydrogen-bond donors (Lipinski definition) is 1. The molecular weight excluding hydrogens is 364 g/mol. The van der Waals surface area contributed by atoms with Gasteiger partial charge in [0, 0.05) is 0 Å². The highest BCUT2D eigenvalue weighted by Crippen LogP contribution is 2.33. The molecule has 2 aliphatic carbocycles. The molecule has 0 saturated heterocycles. The number of ether oxygens (including phenoxy) is 1. The normalized spacial score (nSPS) is 20.8. The van der Waals surface area contributed by atoms with Gasteiger partial charge in [-0.3, -0.25) is 4.79 Å². The lowest BCUT2D eigenvalue weighted by Crippen LogP contribution is -2.37. The van der Waals surface area contributed by atoms with Crippen LogP contribution in [0.5, 0.6) is 5.75 Å². The molecule has 1 aromatic rings. The van der Waals surface area contributed by atoms with Crippen molar-refractivity contribution in [2.75, 3.05) is 5.75 Å². The standard InChI is InChI=1S/C18H23F2NO4S/c19-18(20)25-13-8-9-15-12(10-13)4-3-7-16(15)21-17(22)11-26(23,24)14-5-1-2-6-14/h8-10,14,16,18H,1-7,11H2,(H,21,22)/t16-/m0/s1. The average Bonchev–Trinajstić information content (AvgIpc) is 3.09. The Morgan fingerprint density at radius 3 is 2.62 bits per heavy atom. The van der Waals surface area contributed by atoms with Gasteiger partial charge in [-0.15, -0.1) is 0 Å². The molecule has 1 saturated carbocycles. The van der Waals surface area contributed by atoms with Gasteiger partial charge in [-0.2, -0.15) is 8.78 Å². The fourth-order valence-corrected chi connectivity index (χ4v) is 5.64. The minimum absolute atomic E-state index is 0.0922. The van der Waals surface area contributed by atoms with Gasteiger partial charge in [0.1, 0.15) is 11.5 Å². The van der Waals surface area contributed by atoms with Crippen molar-refractivity contribution < 1.29 is 26.7 Å². The third-order valence-corrected chi connectivity index (χ3v) is 7.28. The summed E-state index contributed by atoms with van der Waals surface area (Å²) in [5, 5.41) is 2.41. The molecule has 26 heavy (non-hydrogen) atoms. The Morgan fingerprint density at radius 2 is 1.92 bits per heavy atom. The van der Waals surface area contributed by atoms with Crippen molar-refractivity contribution in [1.29, 1.82) is 0 Å². The predicted molar refractivity (Wildman–Crippen MR) is 92.9 cm³/mol. The summed E-state index contributed by atoms with van der Waals surface area (Å²) in [5.74, 6) is -0.895. The molecule has 0 aliphatic heterocycles. The molecule has 2 aliphatic rings. The molecule has 0 unspecified atom stereocenters. The molecule has 1 aromatic carbocycles. The number of carbonyl (C=O) groups is 1. The van der Waals surface area contributed by atoms with E-state index in [2.05, 4.69) is 10.1 Å². The molecule has 0 bridgehead atoms. The first-order valence-electron chi connectivity index (χ1n) is 8.94. The number of carbonyl (C=O) groups excluding carboxylic acids is 1. The van der Waals surface area contributed by atoms with Gasteiger partial charge in [0.05, 0.1) is 11.3 Å². The molecule has 144 valence electrons. The minimum atomic E-state index is -3.42. The van der Waals surface area contributed by atoms with Gasteiger partial charge in [-0.1, -0.05) is 18.9 Å². The van der Waals surface area contributed by atoms with Crippen LogP contribution in [-0.4, -0.2) is 31.9 Å². The van der Waals surface area contributed by atoms with Crippen molar-refractivity contribution in [1.82, 2.24) is 5.32 Å². The second-order valence-electron chi connectivity index (χ2n) is 6.97. The summed E-state index contributed by atoms with van der Waals surface area (Å²) in [4.78, 5) is 12.3. The highest BCUT2D eigenvalue weighted by molar-refractivity contribution is 7.92. The number of aryl methyl sites for hydroxylation is 1. The molecular formula is C18H23F2NO4S. The van der Waals surface area contributed by atoms with E-state index in [1.54, 1.807) is 12.1 Å². The smallest absolute Gasteiger partial charge is 0.387 e. The van der Waals surface area contributed by atoms with Gasteiger partial charge in [0.15, 0.2) is 9.84 Å². The van der Waals surface area contributed by atoms with Crippen molar-refractivity contribution in [3.05, 3.63) is 29.3 Å². The molecule has 5 nitrogen and oxygen atoms in total. The fourth-order valence-electron chi connectivity index (χ4n) is 3.90. The Kier molecular flexibility index (Phi) is 5.79. The van der Waals surface area contributed by atoms with Crippen molar-refractivity contribution in [3.8, 4) is 5.75 Å². The van der Waals surface area contributed by atoms with Crippen LogP contribution in [0, 0.1) is 0 Å². The van der Waals surface area contributed by atoms with E-state index in [9.17, 15) is 22.0 Å². The quantitative estimate of drug-likeness (QED) is 0.814. The maximum Gasteiger partial charge on any atom is 0.387 e. The van der Waals surface area contributed by atoms with Gasteiger partial charge in [0.25, 0.3) is 0 Å². The Bertz CT molecular complexity index is 760. The van der Waals surface area contributed by atoms with Crippen LogP contribution in [-0.2, 0) is 21.1 Å². The third kappa shape index (κ3) is 4.52. The van der Waals surface area contributed by atoms with Crippen LogP contribution in [0.25, 0.3) is 0 Å². The number of hydrogen-bond acceptors (Lipinski definition) is 4. The summed E-state index contributed by atoms with van der Waals surface area (Å²) < 4.78 is 53.8. The maximum absolute atomic E-state index is 12.4. The van der Waals surface area contributed by atoms with Crippen molar-refractivity contribution in [2.24, 2.45) is 0 Å². The first-order chi connectivity index (χ1) is 12.3. The minimum Gasteiger partial charge on any atom is -0.435 e. The van der Waals surface area contributed by atoms with E-state index in [4.69, 9.17) is 0 Å². The summed E-state index contributed by atoms with van der Waals surface area (Å²) in [6.45, 7) is -2.88. The molecule has 1 amide bonds. The molecule has 0 heterocycles. The first kappa shape index (κ1) is 19.1. The number of halogens is 2. The van der Waals surface area contributed by atoms with Gasteiger partial charge in [-0.25, -0.2) is 8.42 Å².